The number of thiophene rings is 1. The van der Waals surface area contributed by atoms with Crippen molar-refractivity contribution in [2.75, 3.05) is 36.0 Å². The number of halogens is 1. The molecule has 0 amide bonds. The van der Waals surface area contributed by atoms with Crippen LogP contribution in [-0.2, 0) is 12.8 Å². The second-order valence-electron chi connectivity index (χ2n) is 7.06. The molecule has 26 heavy (non-hydrogen) atoms. The number of hydrogen-bond acceptors (Lipinski definition) is 5. The molecule has 1 aromatic carbocycles. The van der Waals surface area contributed by atoms with Gasteiger partial charge in [-0.25, -0.2) is 14.4 Å². The highest BCUT2D eigenvalue weighted by Crippen LogP contribution is 2.40. The molecule has 1 aliphatic carbocycles. The van der Waals surface area contributed by atoms with Crippen LogP contribution < -0.4 is 9.80 Å². The van der Waals surface area contributed by atoms with Gasteiger partial charge in [-0.05, 0) is 43.9 Å². The van der Waals surface area contributed by atoms with Crippen molar-refractivity contribution < 1.29 is 4.39 Å². The van der Waals surface area contributed by atoms with Crippen molar-refractivity contribution in [3.8, 4) is 0 Å². The lowest BCUT2D eigenvalue weighted by molar-refractivity contribution is 0.596. The highest BCUT2D eigenvalue weighted by Gasteiger charge is 2.26. The molecule has 2 aromatic heterocycles. The molecule has 1 fully saturated rings. The van der Waals surface area contributed by atoms with E-state index in [1.54, 1.807) is 6.07 Å². The second-order valence-corrected chi connectivity index (χ2v) is 8.14. The van der Waals surface area contributed by atoms with Crippen LogP contribution in [0.15, 0.2) is 24.3 Å². The molecule has 0 N–H and O–H groups in total. The van der Waals surface area contributed by atoms with Crippen molar-refractivity contribution in [1.82, 2.24) is 9.97 Å². The summed E-state index contributed by atoms with van der Waals surface area (Å²) in [4.78, 5) is 16.6. The molecule has 1 aliphatic heterocycles. The van der Waals surface area contributed by atoms with Crippen molar-refractivity contribution >= 4 is 33.1 Å². The van der Waals surface area contributed by atoms with Gasteiger partial charge in [0.2, 0.25) is 0 Å². The lowest BCUT2D eigenvalue weighted by Crippen LogP contribution is -2.47. The van der Waals surface area contributed by atoms with Gasteiger partial charge in [-0.3, -0.25) is 0 Å². The summed E-state index contributed by atoms with van der Waals surface area (Å²) in [6.45, 7) is 5.29. The van der Waals surface area contributed by atoms with Gasteiger partial charge in [-0.1, -0.05) is 12.1 Å². The molecule has 5 rings (SSSR count). The van der Waals surface area contributed by atoms with E-state index in [-0.39, 0.29) is 5.82 Å². The third kappa shape index (κ3) is 2.55. The number of para-hydroxylation sites is 1. The van der Waals surface area contributed by atoms with E-state index in [1.165, 1.54) is 34.7 Å². The summed E-state index contributed by atoms with van der Waals surface area (Å²) < 4.78 is 14.1. The van der Waals surface area contributed by atoms with E-state index in [9.17, 15) is 4.39 Å². The molecule has 0 bridgehead atoms. The Hall–Kier alpha value is -2.21. The van der Waals surface area contributed by atoms with Crippen molar-refractivity contribution in [1.29, 1.82) is 0 Å². The van der Waals surface area contributed by atoms with Gasteiger partial charge in [0.25, 0.3) is 0 Å². The lowest BCUT2D eigenvalue weighted by Gasteiger charge is -2.37. The smallest absolute Gasteiger partial charge is 0.146 e. The Balaban J connectivity index is 1.46. The zero-order valence-corrected chi connectivity index (χ0v) is 15.7. The highest BCUT2D eigenvalue weighted by atomic mass is 32.1. The molecule has 0 saturated carbocycles. The van der Waals surface area contributed by atoms with Crippen molar-refractivity contribution in [3.63, 3.8) is 0 Å². The molecule has 1 saturated heterocycles. The zero-order chi connectivity index (χ0) is 17.7. The van der Waals surface area contributed by atoms with Gasteiger partial charge in [0.05, 0.1) is 11.1 Å². The fourth-order valence-corrected chi connectivity index (χ4v) is 5.48. The average Bonchev–Trinajstić information content (AvgIpc) is 3.22. The Morgan fingerprint density at radius 3 is 2.58 bits per heavy atom. The van der Waals surface area contributed by atoms with E-state index in [4.69, 9.17) is 4.98 Å². The summed E-state index contributed by atoms with van der Waals surface area (Å²) in [5, 5.41) is 1.27. The standard InChI is InChI=1S/C20H21FN4S/c1-13-22-19(18-14-5-4-8-17(14)26-20(18)23-13)25-11-9-24(10-12-25)16-7-3-2-6-15(16)21/h2-3,6-7H,4-5,8-12H2,1H3. The number of hydrogen-bond donors (Lipinski definition) is 0. The quantitative estimate of drug-likeness (QED) is 0.685. The van der Waals surface area contributed by atoms with E-state index in [2.05, 4.69) is 14.8 Å². The van der Waals surface area contributed by atoms with Gasteiger partial charge < -0.3 is 9.80 Å². The van der Waals surface area contributed by atoms with E-state index >= 15 is 0 Å². The Morgan fingerprint density at radius 2 is 1.77 bits per heavy atom. The Kier molecular flexibility index (Phi) is 3.81. The monoisotopic (exact) mass is 368 g/mol. The summed E-state index contributed by atoms with van der Waals surface area (Å²) in [5.74, 6) is 1.78. The number of aromatic nitrogens is 2. The predicted octanol–water partition coefficient (Wildman–Crippen LogP) is 3.95. The van der Waals surface area contributed by atoms with Crippen LogP contribution in [0.4, 0.5) is 15.9 Å². The molecule has 6 heteroatoms. The predicted molar refractivity (Wildman–Crippen MR) is 105 cm³/mol. The molecule has 3 aromatic rings. The van der Waals surface area contributed by atoms with Crippen molar-refractivity contribution in [2.24, 2.45) is 0 Å². The van der Waals surface area contributed by atoms with Crippen LogP contribution in [0.5, 0.6) is 0 Å². The summed E-state index contributed by atoms with van der Waals surface area (Å²) in [5.41, 5.74) is 2.17. The van der Waals surface area contributed by atoms with Crippen LogP contribution in [0.25, 0.3) is 10.2 Å². The third-order valence-corrected chi connectivity index (χ3v) is 6.62. The van der Waals surface area contributed by atoms with E-state index < -0.39 is 0 Å². The first-order valence-corrected chi connectivity index (χ1v) is 10.1. The van der Waals surface area contributed by atoms with Crippen LogP contribution in [-0.4, -0.2) is 36.1 Å². The molecule has 3 heterocycles. The maximum Gasteiger partial charge on any atom is 0.146 e. The van der Waals surface area contributed by atoms with Crippen LogP contribution in [0, 0.1) is 12.7 Å². The van der Waals surface area contributed by atoms with E-state index in [0.29, 0.717) is 5.69 Å². The largest absolute Gasteiger partial charge is 0.366 e. The van der Waals surface area contributed by atoms with Gasteiger partial charge in [0.1, 0.15) is 22.3 Å². The van der Waals surface area contributed by atoms with E-state index in [1.807, 2.05) is 30.4 Å². The molecule has 134 valence electrons. The van der Waals surface area contributed by atoms with Crippen LogP contribution >= 0.6 is 11.3 Å². The Morgan fingerprint density at radius 1 is 1.00 bits per heavy atom. The van der Waals surface area contributed by atoms with Crippen molar-refractivity contribution in [2.45, 2.75) is 26.2 Å². The molecular weight excluding hydrogens is 347 g/mol. The SMILES string of the molecule is Cc1nc(N2CCN(c3ccccc3F)CC2)c2c3c(sc2n1)CCC3. The van der Waals surface area contributed by atoms with Gasteiger partial charge in [0.15, 0.2) is 0 Å². The number of rotatable bonds is 2. The molecule has 4 nitrogen and oxygen atoms in total. The first-order valence-electron chi connectivity index (χ1n) is 9.24. The maximum absolute atomic E-state index is 14.1. The van der Waals surface area contributed by atoms with Gasteiger partial charge in [0, 0.05) is 31.1 Å². The van der Waals surface area contributed by atoms with E-state index in [0.717, 1.165) is 49.1 Å². The van der Waals surface area contributed by atoms with Gasteiger partial charge >= 0.3 is 0 Å². The fourth-order valence-electron chi connectivity index (χ4n) is 4.18. The zero-order valence-electron chi connectivity index (χ0n) is 14.8. The minimum atomic E-state index is -0.142. The molecular formula is C20H21FN4S. The topological polar surface area (TPSA) is 32.3 Å². The summed E-state index contributed by atoms with van der Waals surface area (Å²) in [6.07, 6.45) is 3.56. The fraction of sp³-hybridized carbons (Fsp3) is 0.400. The third-order valence-electron chi connectivity index (χ3n) is 5.43. The van der Waals surface area contributed by atoms with Gasteiger partial charge in [-0.2, -0.15) is 0 Å². The lowest BCUT2D eigenvalue weighted by atomic mass is 10.1. The van der Waals surface area contributed by atoms with Gasteiger partial charge in [-0.15, -0.1) is 11.3 Å². The minimum absolute atomic E-state index is 0.142. The second kappa shape index (κ2) is 6.20. The minimum Gasteiger partial charge on any atom is -0.366 e. The Bertz CT molecular complexity index is 975. The number of nitrogens with zero attached hydrogens (tertiary/aromatic N) is 4. The molecule has 0 atom stereocenters. The Labute approximate surface area is 156 Å². The number of benzene rings is 1. The first-order chi connectivity index (χ1) is 12.7. The number of anilines is 2. The number of fused-ring (bicyclic) bond motifs is 3. The van der Waals surface area contributed by atoms with Crippen molar-refractivity contribution in [3.05, 3.63) is 46.3 Å². The first kappa shape index (κ1) is 16.0. The number of piperazine rings is 1. The summed E-state index contributed by atoms with van der Waals surface area (Å²) >= 11 is 1.84. The normalized spacial score (nSPS) is 17.2. The molecule has 2 aliphatic rings. The molecule has 0 unspecified atom stereocenters. The average molecular weight is 368 g/mol. The van der Waals surface area contributed by atoms with Crippen LogP contribution in [0.1, 0.15) is 22.7 Å². The summed E-state index contributed by atoms with van der Waals surface area (Å²) in [7, 11) is 0. The molecule has 0 radical (unpaired) electrons. The maximum atomic E-state index is 14.1. The van der Waals surface area contributed by atoms with Crippen LogP contribution in [0.3, 0.4) is 0 Å². The number of aryl methyl sites for hydroxylation is 3. The summed E-state index contributed by atoms with van der Waals surface area (Å²) in [6, 6.07) is 7.04. The molecule has 0 spiro atoms. The highest BCUT2D eigenvalue weighted by molar-refractivity contribution is 7.19. The van der Waals surface area contributed by atoms with Crippen LogP contribution in [0.2, 0.25) is 0 Å².